The lowest BCUT2D eigenvalue weighted by Gasteiger charge is -2.17. The second-order valence-electron chi connectivity index (χ2n) is 6.45. The van der Waals surface area contributed by atoms with Crippen LogP contribution in [0.5, 0.6) is 0 Å². The maximum Gasteiger partial charge on any atom is 0.0919 e. The minimum Gasteiger partial charge on any atom is -0.362 e. The topological polar surface area (TPSA) is 35.2 Å². The summed E-state index contributed by atoms with van der Waals surface area (Å²) in [5.74, 6) is 0. The van der Waals surface area contributed by atoms with Crippen LogP contribution in [0.2, 0.25) is 0 Å². The third kappa shape index (κ3) is 11.7. The molecule has 4 nitrogen and oxygen atoms in total. The van der Waals surface area contributed by atoms with Gasteiger partial charge in [-0.15, -0.1) is 0 Å². The molecule has 0 saturated carbocycles. The average molecular weight is 321 g/mol. The van der Waals surface area contributed by atoms with Crippen LogP contribution in [-0.2, 0) is 0 Å². The monoisotopic (exact) mass is 320 g/mol. The Morgan fingerprint density at radius 1 is 0.913 bits per heavy atom. The molecule has 0 amide bonds. The van der Waals surface area contributed by atoms with Gasteiger partial charge in [-0.3, -0.25) is 0 Å². The van der Waals surface area contributed by atoms with Gasteiger partial charge in [-0.05, 0) is 6.42 Å². The molecule has 2 rings (SSSR count). The van der Waals surface area contributed by atoms with Gasteiger partial charge in [-0.2, -0.15) is 0 Å². The smallest absolute Gasteiger partial charge is 0.0919 e. The number of aromatic amines is 1. The number of H-pyrrole nitrogens is 1. The summed E-state index contributed by atoms with van der Waals surface area (Å²) in [6.45, 7) is 4.60. The van der Waals surface area contributed by atoms with Crippen LogP contribution in [0, 0.1) is 0 Å². The first kappa shape index (κ1) is 19.6. The minimum absolute atomic E-state index is 1.08. The predicted molar refractivity (Wildman–Crippen MR) is 98.9 cm³/mol. The molecule has 0 aliphatic carbocycles. The van der Waals surface area contributed by atoms with Gasteiger partial charge in [-0.1, -0.05) is 64.7 Å². The highest BCUT2D eigenvalue weighted by Gasteiger charge is 2.06. The zero-order valence-electron chi connectivity index (χ0n) is 15.2. The number of hydrogen-bond donors (Lipinski definition) is 1. The first-order chi connectivity index (χ1) is 11.3. The quantitative estimate of drug-likeness (QED) is 0.583. The summed E-state index contributed by atoms with van der Waals surface area (Å²) in [6, 6.07) is 0. The van der Waals surface area contributed by atoms with Gasteiger partial charge in [0.1, 0.15) is 0 Å². The molecule has 1 aromatic rings. The molecule has 2 heterocycles. The fourth-order valence-electron chi connectivity index (χ4n) is 2.75. The number of hydrogen-bond acceptors (Lipinski definition) is 3. The molecular weight excluding hydrogens is 284 g/mol. The van der Waals surface area contributed by atoms with Crippen molar-refractivity contribution in [1.82, 2.24) is 19.8 Å². The van der Waals surface area contributed by atoms with Gasteiger partial charge in [0.05, 0.1) is 13.0 Å². The van der Waals surface area contributed by atoms with Gasteiger partial charge in [0.25, 0.3) is 0 Å². The zero-order valence-corrected chi connectivity index (χ0v) is 15.2. The summed E-state index contributed by atoms with van der Waals surface area (Å²) >= 11 is 0. The van der Waals surface area contributed by atoms with Crippen LogP contribution in [0.1, 0.15) is 71.1 Å². The van der Waals surface area contributed by atoms with Crippen molar-refractivity contribution in [3.63, 3.8) is 0 Å². The number of unbranched alkanes of at least 4 members (excludes halogenated alkanes) is 9. The highest BCUT2D eigenvalue weighted by atomic mass is 15.3. The number of nitrogens with one attached hydrogen (secondary N) is 1. The van der Waals surface area contributed by atoms with E-state index in [1.165, 1.54) is 70.8 Å². The Morgan fingerprint density at radius 3 is 2.00 bits per heavy atom. The molecule has 0 fully saturated rings. The second-order valence-corrected chi connectivity index (χ2v) is 6.45. The first-order valence-electron chi connectivity index (χ1n) is 9.38. The number of imidazole rings is 1. The van der Waals surface area contributed by atoms with E-state index in [9.17, 15) is 0 Å². The van der Waals surface area contributed by atoms with Crippen molar-refractivity contribution < 1.29 is 0 Å². The van der Waals surface area contributed by atoms with E-state index in [4.69, 9.17) is 0 Å². The van der Waals surface area contributed by atoms with Crippen molar-refractivity contribution in [2.75, 3.05) is 20.3 Å². The highest BCUT2D eigenvalue weighted by molar-refractivity contribution is 4.88. The Morgan fingerprint density at radius 2 is 1.57 bits per heavy atom. The van der Waals surface area contributed by atoms with Crippen LogP contribution in [0.4, 0.5) is 0 Å². The third-order valence-corrected chi connectivity index (χ3v) is 4.14. The summed E-state index contributed by atoms with van der Waals surface area (Å²) < 4.78 is 0. The molecule has 0 unspecified atom stereocenters. The Balaban J connectivity index is 0.000000446. The van der Waals surface area contributed by atoms with Gasteiger partial charge < -0.3 is 14.8 Å². The lowest BCUT2D eigenvalue weighted by atomic mass is 10.1. The molecule has 0 aromatic carbocycles. The van der Waals surface area contributed by atoms with Crippen LogP contribution in [0.15, 0.2) is 31.1 Å². The van der Waals surface area contributed by atoms with Crippen molar-refractivity contribution in [3.8, 4) is 0 Å². The van der Waals surface area contributed by atoms with Gasteiger partial charge in [0, 0.05) is 38.4 Å². The Kier molecular flexibility index (Phi) is 12.1. The van der Waals surface area contributed by atoms with Crippen LogP contribution in [0.25, 0.3) is 0 Å². The van der Waals surface area contributed by atoms with Crippen LogP contribution >= 0.6 is 0 Å². The van der Waals surface area contributed by atoms with Crippen LogP contribution in [-0.4, -0.2) is 40.0 Å². The van der Waals surface area contributed by atoms with Gasteiger partial charge in [-0.25, -0.2) is 4.98 Å². The molecule has 0 radical (unpaired) electrons. The second kappa shape index (κ2) is 14.2. The minimum atomic E-state index is 1.08. The lowest BCUT2D eigenvalue weighted by molar-refractivity contribution is 0.290. The van der Waals surface area contributed by atoms with Gasteiger partial charge in [0.15, 0.2) is 0 Å². The Labute approximate surface area is 143 Å². The first-order valence-corrected chi connectivity index (χ1v) is 9.38. The molecule has 0 spiro atoms. The van der Waals surface area contributed by atoms with Crippen molar-refractivity contribution in [2.24, 2.45) is 0 Å². The average Bonchev–Trinajstić information content (AvgIpc) is 3.24. The molecule has 1 aliphatic heterocycles. The molecule has 4 heteroatoms. The Bertz CT molecular complexity index is 344. The lowest BCUT2D eigenvalue weighted by Crippen LogP contribution is -2.23. The van der Waals surface area contributed by atoms with E-state index in [2.05, 4.69) is 46.1 Å². The molecule has 0 bridgehead atoms. The summed E-state index contributed by atoms with van der Waals surface area (Å²) in [5.41, 5.74) is 0. The van der Waals surface area contributed by atoms with Gasteiger partial charge in [0.2, 0.25) is 0 Å². The van der Waals surface area contributed by atoms with E-state index in [-0.39, 0.29) is 0 Å². The van der Waals surface area contributed by atoms with E-state index < -0.39 is 0 Å². The van der Waals surface area contributed by atoms with E-state index in [1.807, 2.05) is 0 Å². The molecule has 1 N–H and O–H groups in total. The molecule has 1 aliphatic rings. The fraction of sp³-hybridized carbons (Fsp3) is 0.737. The van der Waals surface area contributed by atoms with E-state index in [0.29, 0.717) is 0 Å². The maximum atomic E-state index is 3.67. The summed E-state index contributed by atoms with van der Waals surface area (Å²) in [5, 5.41) is 0. The highest BCUT2D eigenvalue weighted by Crippen LogP contribution is 2.11. The SMILES string of the molecule is CCCCCCCCCCCCN1C=CN(C)C1.c1c[nH]cn1. The fourth-order valence-corrected chi connectivity index (χ4v) is 2.75. The molecule has 23 heavy (non-hydrogen) atoms. The largest absolute Gasteiger partial charge is 0.362 e. The molecule has 132 valence electrons. The molecule has 1 aromatic heterocycles. The van der Waals surface area contributed by atoms with Crippen molar-refractivity contribution >= 4 is 0 Å². The number of rotatable bonds is 11. The van der Waals surface area contributed by atoms with Crippen molar-refractivity contribution in [3.05, 3.63) is 31.1 Å². The molecule has 0 saturated heterocycles. The van der Waals surface area contributed by atoms with Crippen LogP contribution < -0.4 is 0 Å². The van der Waals surface area contributed by atoms with Crippen molar-refractivity contribution in [2.45, 2.75) is 71.1 Å². The normalized spacial score (nSPS) is 13.3. The van der Waals surface area contributed by atoms with E-state index in [0.717, 1.165) is 6.67 Å². The number of nitrogens with zero attached hydrogens (tertiary/aromatic N) is 3. The zero-order chi connectivity index (χ0) is 16.6. The predicted octanol–water partition coefficient (Wildman–Crippen LogP) is 4.99. The summed E-state index contributed by atoms with van der Waals surface area (Å²) in [4.78, 5) is 11.1. The summed E-state index contributed by atoms with van der Waals surface area (Å²) in [7, 11) is 2.13. The van der Waals surface area contributed by atoms with Crippen LogP contribution in [0.3, 0.4) is 0 Å². The molecular formula is C19H36N4. The third-order valence-electron chi connectivity index (χ3n) is 4.14. The van der Waals surface area contributed by atoms with Crippen molar-refractivity contribution in [1.29, 1.82) is 0 Å². The maximum absolute atomic E-state index is 3.67. The van der Waals surface area contributed by atoms with E-state index >= 15 is 0 Å². The molecule has 0 atom stereocenters. The standard InChI is InChI=1S/C16H32N2.C3H4N2/c1-3-4-5-6-7-8-9-10-11-12-13-18-15-14-17(2)16-18;1-2-5-3-4-1/h14-15H,3-13,16H2,1-2H3;1-3H,(H,4,5). The Hall–Kier alpha value is -1.45. The summed E-state index contributed by atoms with van der Waals surface area (Å²) in [6.07, 6.45) is 23.7. The van der Waals surface area contributed by atoms with Gasteiger partial charge >= 0.3 is 0 Å². The van der Waals surface area contributed by atoms with E-state index in [1.54, 1.807) is 18.7 Å². The number of aromatic nitrogens is 2.